The van der Waals surface area contributed by atoms with Gasteiger partial charge in [-0.2, -0.15) is 0 Å². The van der Waals surface area contributed by atoms with Gasteiger partial charge < -0.3 is 29.7 Å². The van der Waals surface area contributed by atoms with Gasteiger partial charge >= 0.3 is 5.97 Å². The fraction of sp³-hybridized carbons (Fsp3) is 0.458. The van der Waals surface area contributed by atoms with Crippen LogP contribution in [0.4, 0.5) is 0 Å². The molecule has 0 aromatic heterocycles. The molecular weight excluding hydrogens is 430 g/mol. The van der Waals surface area contributed by atoms with Crippen molar-refractivity contribution in [3.8, 4) is 11.5 Å². The summed E-state index contributed by atoms with van der Waals surface area (Å²) in [6.45, 7) is 5.30. The number of nitrogens with zero attached hydrogens (tertiary/aromatic N) is 1. The van der Waals surface area contributed by atoms with E-state index in [1.807, 2.05) is 0 Å². The molecule has 1 aliphatic heterocycles. The topological polar surface area (TPSA) is 134 Å². The van der Waals surface area contributed by atoms with Gasteiger partial charge in [0.25, 0.3) is 0 Å². The van der Waals surface area contributed by atoms with Crippen LogP contribution in [-0.2, 0) is 14.3 Å². The predicted octanol–water partition coefficient (Wildman–Crippen LogP) is 1.69. The minimum absolute atomic E-state index is 0.0730. The van der Waals surface area contributed by atoms with Gasteiger partial charge in [-0.3, -0.25) is 9.59 Å². The fourth-order valence-electron chi connectivity index (χ4n) is 3.01. The van der Waals surface area contributed by atoms with Gasteiger partial charge in [-0.1, -0.05) is 25.2 Å². The zero-order valence-corrected chi connectivity index (χ0v) is 19.2. The largest absolute Gasteiger partial charge is 0.507 e. The molecule has 0 fully saturated rings. The van der Waals surface area contributed by atoms with Crippen molar-refractivity contribution in [2.75, 3.05) is 20.2 Å². The number of rotatable bonds is 4. The summed E-state index contributed by atoms with van der Waals surface area (Å²) < 4.78 is 11.1. The fourth-order valence-corrected chi connectivity index (χ4v) is 3.01. The van der Waals surface area contributed by atoms with Crippen LogP contribution < -0.4 is 4.74 Å². The molecule has 1 aliphatic rings. The van der Waals surface area contributed by atoms with Crippen molar-refractivity contribution in [3.05, 3.63) is 41.5 Å². The van der Waals surface area contributed by atoms with Gasteiger partial charge in [-0.15, -0.1) is 0 Å². The average molecular weight is 462 g/mol. The number of hydrogen-bond acceptors (Lipinski definition) is 8. The molecule has 4 atom stereocenters. The number of ketones is 1. The maximum absolute atomic E-state index is 12.8. The molecule has 180 valence electrons. The number of aromatic hydroxyl groups is 1. The van der Waals surface area contributed by atoms with Crippen LogP contribution in [-0.4, -0.2) is 76.4 Å². The second kappa shape index (κ2) is 11.6. The first-order chi connectivity index (χ1) is 15.5. The van der Waals surface area contributed by atoms with Crippen molar-refractivity contribution in [1.29, 1.82) is 0 Å². The van der Waals surface area contributed by atoms with Gasteiger partial charge in [0, 0.05) is 26.0 Å². The van der Waals surface area contributed by atoms with Gasteiger partial charge in [0.05, 0.1) is 12.6 Å². The Bertz CT molecular complexity index is 939. The Morgan fingerprint density at radius 3 is 2.58 bits per heavy atom. The number of phenolic OH excluding ortho intramolecular Hbond substituents is 1. The zero-order valence-electron chi connectivity index (χ0n) is 19.2. The Morgan fingerprint density at radius 1 is 1.21 bits per heavy atom. The summed E-state index contributed by atoms with van der Waals surface area (Å²) in [5.41, 5.74) is 0.195. The molecule has 2 rings (SSSR count). The molecule has 0 unspecified atom stereocenters. The van der Waals surface area contributed by atoms with Crippen LogP contribution >= 0.6 is 0 Å². The van der Waals surface area contributed by atoms with E-state index in [1.54, 1.807) is 20.9 Å². The lowest BCUT2D eigenvalue weighted by molar-refractivity contribution is -0.128. The SMILES string of the molecule is CC(=O)N(C)CCOc1cc(O)c2c(c1)/C=C/C[C@H](O)[C@H](O)C(=O)/C=C\[C@@H](C)[C@H](C)OC2=O. The van der Waals surface area contributed by atoms with Crippen LogP contribution in [0.1, 0.15) is 43.1 Å². The number of carbonyl (C=O) groups is 3. The standard InChI is InChI=1S/C24H31NO8/c1-14-8-9-20(28)23(30)19(27)7-5-6-17-12-18(32-11-10-25(4)16(3)26)13-21(29)22(17)24(31)33-15(14)2/h5-6,8-9,12-15,19,23,27,29-30H,7,10-11H2,1-4H3/b6-5+,9-8-/t14-,15+,19+,23+/m1/s1. The molecule has 0 aliphatic carbocycles. The van der Waals surface area contributed by atoms with Gasteiger partial charge in [0.15, 0.2) is 5.78 Å². The first kappa shape index (κ1) is 26.1. The lowest BCUT2D eigenvalue weighted by Crippen LogP contribution is -2.32. The highest BCUT2D eigenvalue weighted by Gasteiger charge is 2.25. The van der Waals surface area contributed by atoms with E-state index >= 15 is 0 Å². The molecule has 0 radical (unpaired) electrons. The normalized spacial score (nSPS) is 25.9. The molecule has 0 saturated heterocycles. The summed E-state index contributed by atoms with van der Waals surface area (Å²) in [5.74, 6) is -1.98. The molecule has 9 heteroatoms. The van der Waals surface area contributed by atoms with Gasteiger partial charge in [0.2, 0.25) is 5.91 Å². The minimum atomic E-state index is -1.60. The van der Waals surface area contributed by atoms with E-state index in [9.17, 15) is 29.7 Å². The Hall–Kier alpha value is -3.17. The van der Waals surface area contributed by atoms with E-state index in [0.29, 0.717) is 6.54 Å². The summed E-state index contributed by atoms with van der Waals surface area (Å²) in [5, 5.41) is 30.8. The number of aliphatic hydroxyl groups excluding tert-OH is 2. The van der Waals surface area contributed by atoms with Crippen LogP contribution in [0.25, 0.3) is 6.08 Å². The third kappa shape index (κ3) is 7.16. The van der Waals surface area contributed by atoms with Crippen LogP contribution in [0.3, 0.4) is 0 Å². The smallest absolute Gasteiger partial charge is 0.342 e. The van der Waals surface area contributed by atoms with E-state index in [4.69, 9.17) is 9.47 Å². The number of aliphatic hydroxyl groups is 2. The molecular formula is C24H31NO8. The van der Waals surface area contributed by atoms with Crippen molar-refractivity contribution >= 4 is 23.7 Å². The van der Waals surface area contributed by atoms with E-state index in [1.165, 1.54) is 42.2 Å². The number of fused-ring (bicyclic) bond motifs is 1. The number of cyclic esters (lactones) is 1. The highest BCUT2D eigenvalue weighted by atomic mass is 16.5. The molecule has 9 nitrogen and oxygen atoms in total. The van der Waals surface area contributed by atoms with Crippen LogP contribution in [0, 0.1) is 5.92 Å². The Labute approximate surface area is 192 Å². The number of carbonyl (C=O) groups excluding carboxylic acids is 3. The second-order valence-corrected chi connectivity index (χ2v) is 8.08. The molecule has 1 aromatic carbocycles. The minimum Gasteiger partial charge on any atom is -0.507 e. The monoisotopic (exact) mass is 461 g/mol. The summed E-state index contributed by atoms with van der Waals surface area (Å²) in [6, 6.07) is 2.81. The molecule has 0 spiro atoms. The molecule has 3 N–H and O–H groups in total. The third-order valence-electron chi connectivity index (χ3n) is 5.49. The molecule has 1 amide bonds. The van der Waals surface area contributed by atoms with Crippen LogP contribution in [0.2, 0.25) is 0 Å². The Kier molecular flexibility index (Phi) is 9.19. The zero-order chi connectivity index (χ0) is 24.7. The highest BCUT2D eigenvalue weighted by Crippen LogP contribution is 2.31. The number of likely N-dealkylation sites (N-methyl/N-ethyl adjacent to an activating group) is 1. The number of ether oxygens (including phenoxy) is 2. The lowest BCUT2D eigenvalue weighted by atomic mass is 9.99. The summed E-state index contributed by atoms with van der Waals surface area (Å²) >= 11 is 0. The quantitative estimate of drug-likeness (QED) is 0.577. The van der Waals surface area contributed by atoms with Crippen molar-refractivity contribution in [1.82, 2.24) is 4.90 Å². The number of benzene rings is 1. The maximum atomic E-state index is 12.8. The van der Waals surface area contributed by atoms with Gasteiger partial charge in [-0.05, 0) is 31.1 Å². The second-order valence-electron chi connectivity index (χ2n) is 8.08. The molecule has 0 bridgehead atoms. The summed E-state index contributed by atoms with van der Waals surface area (Å²) in [4.78, 5) is 37.7. The number of esters is 1. The Morgan fingerprint density at radius 2 is 1.91 bits per heavy atom. The summed E-state index contributed by atoms with van der Waals surface area (Å²) in [7, 11) is 1.63. The van der Waals surface area contributed by atoms with E-state index in [0.717, 1.165) is 6.08 Å². The van der Waals surface area contributed by atoms with Crippen molar-refractivity contribution in [2.45, 2.75) is 45.5 Å². The first-order valence-corrected chi connectivity index (χ1v) is 10.7. The number of phenols is 1. The Balaban J connectivity index is 2.38. The highest BCUT2D eigenvalue weighted by molar-refractivity contribution is 5.97. The molecule has 33 heavy (non-hydrogen) atoms. The van der Waals surface area contributed by atoms with E-state index in [-0.39, 0.29) is 47.5 Å². The maximum Gasteiger partial charge on any atom is 0.342 e. The van der Waals surface area contributed by atoms with E-state index < -0.39 is 30.1 Å². The third-order valence-corrected chi connectivity index (χ3v) is 5.49. The van der Waals surface area contributed by atoms with Gasteiger partial charge in [-0.25, -0.2) is 4.79 Å². The van der Waals surface area contributed by atoms with Crippen molar-refractivity contribution in [2.24, 2.45) is 5.92 Å². The first-order valence-electron chi connectivity index (χ1n) is 10.7. The molecule has 0 saturated carbocycles. The van der Waals surface area contributed by atoms with Crippen LogP contribution in [0.15, 0.2) is 30.4 Å². The van der Waals surface area contributed by atoms with Crippen LogP contribution in [0.5, 0.6) is 11.5 Å². The number of amides is 1. The number of hydrogen-bond donors (Lipinski definition) is 3. The van der Waals surface area contributed by atoms with Crippen molar-refractivity contribution in [3.63, 3.8) is 0 Å². The summed E-state index contributed by atoms with van der Waals surface area (Å²) in [6.07, 6.45) is 1.95. The predicted molar refractivity (Wildman–Crippen MR) is 121 cm³/mol. The van der Waals surface area contributed by atoms with Crippen molar-refractivity contribution < 1.29 is 39.2 Å². The lowest BCUT2D eigenvalue weighted by Gasteiger charge is -2.20. The molecule has 1 heterocycles. The molecule has 1 aromatic rings. The van der Waals surface area contributed by atoms with E-state index in [2.05, 4.69) is 0 Å². The van der Waals surface area contributed by atoms with Gasteiger partial charge in [0.1, 0.15) is 35.9 Å². The average Bonchev–Trinajstić information content (AvgIpc) is 2.75.